The van der Waals surface area contributed by atoms with Crippen LogP contribution in [0.15, 0.2) is 18.3 Å². The van der Waals surface area contributed by atoms with Crippen LogP contribution in [-0.4, -0.2) is 33.5 Å². The normalized spacial score (nSPS) is 24.0. The number of carbonyl (C=O) groups is 1. The van der Waals surface area contributed by atoms with Crippen LogP contribution in [0.2, 0.25) is 0 Å². The molecule has 3 rings (SSSR count). The molecule has 0 bridgehead atoms. The summed E-state index contributed by atoms with van der Waals surface area (Å²) in [7, 11) is 0. The molecule has 4 heteroatoms. The number of aromatic nitrogens is 1. The van der Waals surface area contributed by atoms with Gasteiger partial charge in [0.05, 0.1) is 0 Å². The molecule has 2 heterocycles. The predicted octanol–water partition coefficient (Wildman–Crippen LogP) is 2.58. The number of aromatic hydroxyl groups is 1. The first kappa shape index (κ1) is 12.5. The Bertz CT molecular complexity index is 469. The standard InChI is InChI=1S/C15H20N2O2/c18-13-8-3-9-16-14(13)15(19)17-10-4-7-12(17)11-5-1-2-6-11/h3,8-9,11-12,18H,1-2,4-7,10H2. The second-order valence-corrected chi connectivity index (χ2v) is 5.62. The van der Waals surface area contributed by atoms with Crippen LogP contribution in [0.4, 0.5) is 0 Å². The summed E-state index contributed by atoms with van der Waals surface area (Å²) < 4.78 is 0. The number of nitrogens with zero attached hydrogens (tertiary/aromatic N) is 2. The van der Waals surface area contributed by atoms with Crippen molar-refractivity contribution in [1.29, 1.82) is 0 Å². The zero-order valence-electron chi connectivity index (χ0n) is 11.1. The van der Waals surface area contributed by atoms with Crippen LogP contribution in [0.5, 0.6) is 5.75 Å². The maximum atomic E-state index is 12.5. The van der Waals surface area contributed by atoms with Gasteiger partial charge in [-0.05, 0) is 43.7 Å². The summed E-state index contributed by atoms with van der Waals surface area (Å²) in [4.78, 5) is 18.5. The van der Waals surface area contributed by atoms with Crippen molar-refractivity contribution in [2.45, 2.75) is 44.6 Å². The van der Waals surface area contributed by atoms with E-state index in [0.29, 0.717) is 12.0 Å². The average Bonchev–Trinajstić information content (AvgIpc) is 3.09. The Balaban J connectivity index is 1.80. The van der Waals surface area contributed by atoms with E-state index in [1.165, 1.54) is 31.7 Å². The minimum atomic E-state index is -0.104. The van der Waals surface area contributed by atoms with E-state index < -0.39 is 0 Å². The molecule has 1 saturated heterocycles. The van der Waals surface area contributed by atoms with Gasteiger partial charge in [0.25, 0.3) is 5.91 Å². The van der Waals surface area contributed by atoms with E-state index in [2.05, 4.69) is 4.98 Å². The Labute approximate surface area is 113 Å². The zero-order valence-corrected chi connectivity index (χ0v) is 11.1. The molecule has 1 aromatic heterocycles. The van der Waals surface area contributed by atoms with Crippen LogP contribution < -0.4 is 0 Å². The van der Waals surface area contributed by atoms with Crippen molar-refractivity contribution >= 4 is 5.91 Å². The minimum Gasteiger partial charge on any atom is -0.505 e. The van der Waals surface area contributed by atoms with Crippen molar-refractivity contribution < 1.29 is 9.90 Å². The second-order valence-electron chi connectivity index (χ2n) is 5.62. The van der Waals surface area contributed by atoms with Crippen molar-refractivity contribution in [3.05, 3.63) is 24.0 Å². The molecule has 0 aromatic carbocycles. The van der Waals surface area contributed by atoms with Crippen molar-refractivity contribution in [2.24, 2.45) is 5.92 Å². The van der Waals surface area contributed by atoms with E-state index in [1.54, 1.807) is 12.3 Å². The predicted molar refractivity (Wildman–Crippen MR) is 71.9 cm³/mol. The zero-order chi connectivity index (χ0) is 13.2. The molecule has 1 N–H and O–H groups in total. The van der Waals surface area contributed by atoms with Crippen molar-refractivity contribution in [3.63, 3.8) is 0 Å². The van der Waals surface area contributed by atoms with E-state index in [1.807, 2.05) is 4.90 Å². The summed E-state index contributed by atoms with van der Waals surface area (Å²) in [5, 5.41) is 9.78. The summed E-state index contributed by atoms with van der Waals surface area (Å²) in [6.07, 6.45) is 8.79. The van der Waals surface area contributed by atoms with Gasteiger partial charge in [-0.15, -0.1) is 0 Å². The highest BCUT2D eigenvalue weighted by Gasteiger charge is 2.37. The van der Waals surface area contributed by atoms with Gasteiger partial charge in [-0.25, -0.2) is 4.98 Å². The average molecular weight is 260 g/mol. The molecule has 4 nitrogen and oxygen atoms in total. The molecule has 1 unspecified atom stereocenters. The van der Waals surface area contributed by atoms with Crippen LogP contribution in [0, 0.1) is 5.92 Å². The molecular weight excluding hydrogens is 240 g/mol. The highest BCUT2D eigenvalue weighted by atomic mass is 16.3. The Hall–Kier alpha value is -1.58. The number of likely N-dealkylation sites (tertiary alicyclic amines) is 1. The summed E-state index contributed by atoms with van der Waals surface area (Å²) in [5.74, 6) is 0.536. The molecule has 1 aliphatic heterocycles. The maximum Gasteiger partial charge on any atom is 0.276 e. The molecule has 1 aliphatic carbocycles. The lowest BCUT2D eigenvalue weighted by Crippen LogP contribution is -2.39. The van der Waals surface area contributed by atoms with E-state index in [-0.39, 0.29) is 17.4 Å². The van der Waals surface area contributed by atoms with Crippen molar-refractivity contribution in [1.82, 2.24) is 9.88 Å². The van der Waals surface area contributed by atoms with Crippen LogP contribution in [0.3, 0.4) is 0 Å². The number of carbonyl (C=O) groups excluding carboxylic acids is 1. The monoisotopic (exact) mass is 260 g/mol. The number of pyridine rings is 1. The fraction of sp³-hybridized carbons (Fsp3) is 0.600. The van der Waals surface area contributed by atoms with E-state index in [9.17, 15) is 9.90 Å². The van der Waals surface area contributed by atoms with Crippen LogP contribution in [0.25, 0.3) is 0 Å². The van der Waals surface area contributed by atoms with Gasteiger partial charge >= 0.3 is 0 Å². The lowest BCUT2D eigenvalue weighted by Gasteiger charge is -2.29. The first-order chi connectivity index (χ1) is 9.27. The van der Waals surface area contributed by atoms with E-state index in [0.717, 1.165) is 19.4 Å². The number of amides is 1. The lowest BCUT2D eigenvalue weighted by molar-refractivity contribution is 0.0679. The van der Waals surface area contributed by atoms with Gasteiger partial charge in [0.2, 0.25) is 0 Å². The molecule has 19 heavy (non-hydrogen) atoms. The molecule has 0 radical (unpaired) electrons. The van der Waals surface area contributed by atoms with Gasteiger partial charge in [-0.1, -0.05) is 12.8 Å². The third kappa shape index (κ3) is 2.31. The fourth-order valence-corrected chi connectivity index (χ4v) is 3.57. The first-order valence-electron chi connectivity index (χ1n) is 7.22. The molecule has 1 saturated carbocycles. The summed E-state index contributed by atoms with van der Waals surface area (Å²) >= 11 is 0. The van der Waals surface area contributed by atoms with E-state index in [4.69, 9.17) is 0 Å². The third-order valence-electron chi connectivity index (χ3n) is 4.49. The quantitative estimate of drug-likeness (QED) is 0.889. The highest BCUT2D eigenvalue weighted by molar-refractivity contribution is 5.95. The second kappa shape index (κ2) is 5.19. The Morgan fingerprint density at radius 3 is 2.79 bits per heavy atom. The number of hydrogen-bond donors (Lipinski definition) is 1. The number of hydrogen-bond acceptors (Lipinski definition) is 3. The van der Waals surface area contributed by atoms with Crippen molar-refractivity contribution in [2.75, 3.05) is 6.54 Å². The molecule has 1 atom stereocenters. The molecule has 2 fully saturated rings. The van der Waals surface area contributed by atoms with Gasteiger partial charge in [0.1, 0.15) is 5.75 Å². The molecule has 1 aromatic rings. The largest absolute Gasteiger partial charge is 0.505 e. The lowest BCUT2D eigenvalue weighted by atomic mass is 9.96. The summed E-state index contributed by atoms with van der Waals surface area (Å²) in [6.45, 7) is 0.802. The molecule has 2 aliphatic rings. The maximum absolute atomic E-state index is 12.5. The Kier molecular flexibility index (Phi) is 3.40. The van der Waals surface area contributed by atoms with Crippen LogP contribution >= 0.6 is 0 Å². The SMILES string of the molecule is O=C(c1ncccc1O)N1CCCC1C1CCCC1. The first-order valence-corrected chi connectivity index (χ1v) is 7.22. The van der Waals surface area contributed by atoms with Gasteiger partial charge in [0, 0.05) is 18.8 Å². The van der Waals surface area contributed by atoms with Gasteiger partial charge in [-0.2, -0.15) is 0 Å². The third-order valence-corrected chi connectivity index (χ3v) is 4.49. The Morgan fingerprint density at radius 2 is 2.05 bits per heavy atom. The van der Waals surface area contributed by atoms with Gasteiger partial charge < -0.3 is 10.0 Å². The van der Waals surface area contributed by atoms with E-state index >= 15 is 0 Å². The van der Waals surface area contributed by atoms with Gasteiger partial charge in [-0.3, -0.25) is 4.79 Å². The molecule has 102 valence electrons. The highest BCUT2D eigenvalue weighted by Crippen LogP contribution is 2.36. The molecule has 0 spiro atoms. The minimum absolute atomic E-state index is 0.00966. The number of rotatable bonds is 2. The molecular formula is C15H20N2O2. The van der Waals surface area contributed by atoms with Crippen LogP contribution in [0.1, 0.15) is 49.0 Å². The van der Waals surface area contributed by atoms with Gasteiger partial charge in [0.15, 0.2) is 5.69 Å². The smallest absolute Gasteiger partial charge is 0.276 e. The topological polar surface area (TPSA) is 53.4 Å². The Morgan fingerprint density at radius 1 is 1.26 bits per heavy atom. The van der Waals surface area contributed by atoms with Crippen molar-refractivity contribution in [3.8, 4) is 5.75 Å². The fourth-order valence-electron chi connectivity index (χ4n) is 3.57. The van der Waals surface area contributed by atoms with Crippen LogP contribution in [-0.2, 0) is 0 Å². The summed E-state index contributed by atoms with van der Waals surface area (Å²) in [5.41, 5.74) is 0.201. The summed E-state index contributed by atoms with van der Waals surface area (Å²) in [6, 6.07) is 3.53. The molecule has 1 amide bonds.